The highest BCUT2D eigenvalue weighted by molar-refractivity contribution is 6.31. The molecule has 0 radical (unpaired) electrons. The minimum absolute atomic E-state index is 0.249. The molecule has 0 fully saturated rings. The highest BCUT2D eigenvalue weighted by Gasteiger charge is 2.18. The number of nitrogens with one attached hydrogen (secondary N) is 1. The Bertz CT molecular complexity index is 1540. The predicted molar refractivity (Wildman–Crippen MR) is 141 cm³/mol. The number of para-hydroxylation sites is 1. The van der Waals surface area contributed by atoms with Crippen molar-refractivity contribution in [2.75, 3.05) is 19.0 Å². The van der Waals surface area contributed by atoms with Gasteiger partial charge in [0.15, 0.2) is 12.3 Å². The summed E-state index contributed by atoms with van der Waals surface area (Å²) in [5.74, 6) is 0.444. The third-order valence-corrected chi connectivity index (χ3v) is 5.90. The van der Waals surface area contributed by atoms with Crippen LogP contribution in [0.5, 0.6) is 11.6 Å². The van der Waals surface area contributed by atoms with Crippen LogP contribution in [0.2, 0.25) is 5.02 Å². The molecular weight excluding hydrogens is 476 g/mol. The second kappa shape index (κ2) is 10.1. The molecule has 0 aliphatic carbocycles. The average Bonchev–Trinajstić information content (AvgIpc) is 3.24. The molecule has 2 heterocycles. The third-order valence-electron chi connectivity index (χ3n) is 5.66. The van der Waals surface area contributed by atoms with Crippen LogP contribution in [0.15, 0.2) is 84.9 Å². The number of hydrogen-bond donors (Lipinski definition) is 1. The molecule has 0 saturated heterocycles. The summed E-state index contributed by atoms with van der Waals surface area (Å²) in [7, 11) is 1.53. The Hall–Kier alpha value is -4.36. The molecule has 0 aliphatic heterocycles. The molecule has 8 heteroatoms. The Morgan fingerprint density at radius 3 is 2.44 bits per heavy atom. The maximum Gasteiger partial charge on any atom is 0.262 e. The standard InChI is InChI=1S/C28H23ClN4O3/c1-18-27-22(19-9-5-3-6-10-19)16-26(31-28(27)33(32-18)21-11-7-4-8-12-21)36-17-25(34)30-23-15-20(29)13-14-24(23)35-2/h3-16H,17H2,1-2H3,(H,30,34). The van der Waals surface area contributed by atoms with E-state index in [0.717, 1.165) is 27.9 Å². The van der Waals surface area contributed by atoms with Gasteiger partial charge in [-0.25, -0.2) is 4.68 Å². The number of carbonyl (C=O) groups is 1. The predicted octanol–water partition coefficient (Wildman–Crippen LogP) is 6.08. The zero-order chi connectivity index (χ0) is 25.1. The molecule has 0 saturated carbocycles. The number of amides is 1. The van der Waals surface area contributed by atoms with Crippen LogP contribution in [0.3, 0.4) is 0 Å². The lowest BCUT2D eigenvalue weighted by Crippen LogP contribution is -2.21. The number of aromatic nitrogens is 3. The summed E-state index contributed by atoms with van der Waals surface area (Å²) in [5, 5.41) is 8.94. The van der Waals surface area contributed by atoms with E-state index >= 15 is 0 Å². The van der Waals surface area contributed by atoms with Gasteiger partial charge in [0.1, 0.15) is 5.75 Å². The second-order valence-electron chi connectivity index (χ2n) is 8.09. The molecule has 7 nitrogen and oxygen atoms in total. The van der Waals surface area contributed by atoms with Crippen molar-refractivity contribution in [2.24, 2.45) is 0 Å². The van der Waals surface area contributed by atoms with E-state index in [2.05, 4.69) is 5.32 Å². The van der Waals surface area contributed by atoms with Crippen LogP contribution in [0.1, 0.15) is 5.69 Å². The molecule has 1 N–H and O–H groups in total. The number of aryl methyl sites for hydroxylation is 1. The molecular formula is C28H23ClN4O3. The Morgan fingerprint density at radius 2 is 1.72 bits per heavy atom. The van der Waals surface area contributed by atoms with Crippen molar-refractivity contribution in [3.05, 3.63) is 95.6 Å². The van der Waals surface area contributed by atoms with Gasteiger partial charge in [0, 0.05) is 11.1 Å². The van der Waals surface area contributed by atoms with Crippen molar-refractivity contribution in [1.29, 1.82) is 0 Å². The molecule has 0 atom stereocenters. The smallest absolute Gasteiger partial charge is 0.262 e. The van der Waals surface area contributed by atoms with E-state index in [0.29, 0.717) is 28.0 Å². The van der Waals surface area contributed by atoms with E-state index in [1.807, 2.05) is 73.7 Å². The van der Waals surface area contributed by atoms with Gasteiger partial charge in [-0.15, -0.1) is 0 Å². The number of anilines is 1. The van der Waals surface area contributed by atoms with E-state index in [1.54, 1.807) is 22.9 Å². The lowest BCUT2D eigenvalue weighted by molar-refractivity contribution is -0.118. The quantitative estimate of drug-likeness (QED) is 0.294. The average molecular weight is 499 g/mol. The van der Waals surface area contributed by atoms with Gasteiger partial charge in [0.25, 0.3) is 5.91 Å². The molecule has 3 aromatic carbocycles. The Labute approximate surface area is 213 Å². The number of halogens is 1. The van der Waals surface area contributed by atoms with Crippen molar-refractivity contribution >= 4 is 34.2 Å². The number of ether oxygens (including phenoxy) is 2. The van der Waals surface area contributed by atoms with E-state index in [1.165, 1.54) is 7.11 Å². The van der Waals surface area contributed by atoms with Crippen LogP contribution in [0.25, 0.3) is 27.8 Å². The molecule has 0 aliphatic rings. The normalized spacial score (nSPS) is 10.9. The minimum atomic E-state index is -0.369. The van der Waals surface area contributed by atoms with E-state index < -0.39 is 0 Å². The lowest BCUT2D eigenvalue weighted by Gasteiger charge is -2.12. The van der Waals surface area contributed by atoms with Crippen molar-refractivity contribution in [3.8, 4) is 28.4 Å². The molecule has 0 bridgehead atoms. The highest BCUT2D eigenvalue weighted by atomic mass is 35.5. The van der Waals surface area contributed by atoms with Gasteiger partial charge in [-0.1, -0.05) is 60.1 Å². The summed E-state index contributed by atoms with van der Waals surface area (Å²) >= 11 is 6.07. The largest absolute Gasteiger partial charge is 0.495 e. The van der Waals surface area contributed by atoms with Gasteiger partial charge < -0.3 is 14.8 Å². The zero-order valence-electron chi connectivity index (χ0n) is 19.7. The zero-order valence-corrected chi connectivity index (χ0v) is 20.5. The minimum Gasteiger partial charge on any atom is -0.495 e. The lowest BCUT2D eigenvalue weighted by atomic mass is 10.0. The number of fused-ring (bicyclic) bond motifs is 1. The maximum absolute atomic E-state index is 12.7. The number of carbonyl (C=O) groups excluding carboxylic acids is 1. The van der Waals surface area contributed by atoms with Crippen molar-refractivity contribution < 1.29 is 14.3 Å². The van der Waals surface area contributed by atoms with E-state index in [4.69, 9.17) is 31.2 Å². The number of methoxy groups -OCH3 is 1. The van der Waals surface area contributed by atoms with Crippen LogP contribution in [-0.2, 0) is 4.79 Å². The molecule has 5 rings (SSSR count). The molecule has 0 spiro atoms. The van der Waals surface area contributed by atoms with Crippen molar-refractivity contribution in [1.82, 2.24) is 14.8 Å². The molecule has 180 valence electrons. The molecule has 36 heavy (non-hydrogen) atoms. The highest BCUT2D eigenvalue weighted by Crippen LogP contribution is 2.34. The number of pyridine rings is 1. The van der Waals surface area contributed by atoms with Gasteiger partial charge in [-0.2, -0.15) is 10.1 Å². The van der Waals surface area contributed by atoms with Crippen molar-refractivity contribution in [3.63, 3.8) is 0 Å². The van der Waals surface area contributed by atoms with Gasteiger partial charge in [-0.05, 0) is 48.4 Å². The van der Waals surface area contributed by atoms with Crippen LogP contribution < -0.4 is 14.8 Å². The fourth-order valence-electron chi connectivity index (χ4n) is 4.04. The molecule has 0 unspecified atom stereocenters. The first-order chi connectivity index (χ1) is 17.5. The fourth-order valence-corrected chi connectivity index (χ4v) is 4.21. The fraction of sp³-hybridized carbons (Fsp3) is 0.107. The van der Waals surface area contributed by atoms with Crippen LogP contribution in [0, 0.1) is 6.92 Å². The van der Waals surface area contributed by atoms with Gasteiger partial charge >= 0.3 is 0 Å². The molecule has 5 aromatic rings. The Balaban J connectivity index is 1.50. The first-order valence-electron chi connectivity index (χ1n) is 11.3. The van der Waals surface area contributed by atoms with Gasteiger partial charge in [-0.3, -0.25) is 4.79 Å². The topological polar surface area (TPSA) is 78.3 Å². The summed E-state index contributed by atoms with van der Waals surface area (Å²) in [6.45, 7) is 1.71. The summed E-state index contributed by atoms with van der Waals surface area (Å²) in [6.07, 6.45) is 0. The number of benzene rings is 3. The molecule has 1 amide bonds. The summed E-state index contributed by atoms with van der Waals surface area (Å²) in [5.41, 5.74) is 4.75. The Kier molecular flexibility index (Phi) is 6.56. The van der Waals surface area contributed by atoms with Gasteiger partial charge in [0.2, 0.25) is 5.88 Å². The van der Waals surface area contributed by atoms with Crippen LogP contribution >= 0.6 is 11.6 Å². The summed E-state index contributed by atoms with van der Waals surface area (Å²) in [4.78, 5) is 17.4. The molecule has 2 aromatic heterocycles. The first-order valence-corrected chi connectivity index (χ1v) is 11.7. The summed E-state index contributed by atoms with van der Waals surface area (Å²) in [6, 6.07) is 26.6. The van der Waals surface area contributed by atoms with Crippen molar-refractivity contribution in [2.45, 2.75) is 6.92 Å². The SMILES string of the molecule is COc1ccc(Cl)cc1NC(=O)COc1cc(-c2ccccc2)c2c(C)nn(-c3ccccc3)c2n1. The van der Waals surface area contributed by atoms with E-state index in [9.17, 15) is 4.79 Å². The third kappa shape index (κ3) is 4.74. The first kappa shape index (κ1) is 23.4. The van der Waals surface area contributed by atoms with Crippen LogP contribution in [-0.4, -0.2) is 34.4 Å². The number of hydrogen-bond acceptors (Lipinski definition) is 5. The second-order valence-corrected chi connectivity index (χ2v) is 8.52. The van der Waals surface area contributed by atoms with Crippen LogP contribution in [0.4, 0.5) is 5.69 Å². The monoisotopic (exact) mass is 498 g/mol. The number of nitrogens with zero attached hydrogens (tertiary/aromatic N) is 3. The summed E-state index contributed by atoms with van der Waals surface area (Å²) < 4.78 is 13.0. The maximum atomic E-state index is 12.7. The van der Waals surface area contributed by atoms with E-state index in [-0.39, 0.29) is 12.5 Å². The Morgan fingerprint density at radius 1 is 1.00 bits per heavy atom. The van der Waals surface area contributed by atoms with Gasteiger partial charge in [0.05, 0.1) is 29.6 Å². The number of rotatable bonds is 7.